The zero-order valence-electron chi connectivity index (χ0n) is 11.8. The van der Waals surface area contributed by atoms with E-state index < -0.39 is 11.5 Å². The first-order valence-electron chi connectivity index (χ1n) is 6.90. The zero-order chi connectivity index (χ0) is 15.5. The van der Waals surface area contributed by atoms with Gasteiger partial charge in [0.15, 0.2) is 0 Å². The minimum Gasteiger partial charge on any atom is -0.480 e. The van der Waals surface area contributed by atoms with Gasteiger partial charge in [0.25, 0.3) is 0 Å². The normalized spacial score (nSPS) is 25.9. The van der Waals surface area contributed by atoms with Crippen molar-refractivity contribution < 1.29 is 14.7 Å². The van der Waals surface area contributed by atoms with E-state index in [4.69, 9.17) is 0 Å². The summed E-state index contributed by atoms with van der Waals surface area (Å²) in [6.45, 7) is 2.03. The van der Waals surface area contributed by atoms with Crippen molar-refractivity contribution in [2.75, 3.05) is 0 Å². The zero-order valence-corrected chi connectivity index (χ0v) is 14.2. The van der Waals surface area contributed by atoms with Gasteiger partial charge in [0.05, 0.1) is 3.79 Å². The van der Waals surface area contributed by atoms with Crippen LogP contribution < -0.4 is 5.32 Å². The summed E-state index contributed by atoms with van der Waals surface area (Å²) in [6, 6.07) is 3.80. The molecule has 0 saturated heterocycles. The van der Waals surface area contributed by atoms with Gasteiger partial charge in [0.1, 0.15) is 5.54 Å². The Morgan fingerprint density at radius 2 is 2.29 bits per heavy atom. The number of carbonyl (C=O) groups is 2. The Morgan fingerprint density at radius 1 is 1.52 bits per heavy atom. The molecule has 6 heteroatoms. The van der Waals surface area contributed by atoms with Crippen LogP contribution in [0, 0.1) is 5.92 Å². The van der Waals surface area contributed by atoms with Crippen LogP contribution in [0.5, 0.6) is 0 Å². The fourth-order valence-corrected chi connectivity index (χ4v) is 4.09. The molecule has 1 aromatic rings. The van der Waals surface area contributed by atoms with Gasteiger partial charge in [-0.2, -0.15) is 0 Å². The third-order valence-electron chi connectivity index (χ3n) is 3.76. The van der Waals surface area contributed by atoms with E-state index in [1.165, 1.54) is 17.4 Å². The molecule has 1 aromatic heterocycles. The molecule has 2 atom stereocenters. The first-order chi connectivity index (χ1) is 9.91. The van der Waals surface area contributed by atoms with Crippen LogP contribution >= 0.6 is 27.3 Å². The second-order valence-electron chi connectivity index (χ2n) is 5.55. The van der Waals surface area contributed by atoms with E-state index in [1.807, 2.05) is 19.1 Å². The van der Waals surface area contributed by atoms with Crippen LogP contribution in [0.4, 0.5) is 0 Å². The second kappa shape index (κ2) is 6.75. The highest BCUT2D eigenvalue weighted by Gasteiger charge is 2.42. The third kappa shape index (κ3) is 4.17. The molecule has 0 spiro atoms. The van der Waals surface area contributed by atoms with E-state index in [9.17, 15) is 14.7 Å². The Balaban J connectivity index is 2.05. The number of amides is 1. The lowest BCUT2D eigenvalue weighted by molar-refractivity contribution is -0.149. The minimum atomic E-state index is -1.12. The van der Waals surface area contributed by atoms with Gasteiger partial charge in [-0.1, -0.05) is 19.8 Å². The Hall–Kier alpha value is -1.14. The Morgan fingerprint density at radius 3 is 2.86 bits per heavy atom. The lowest BCUT2D eigenvalue weighted by atomic mass is 9.76. The fourth-order valence-electron chi connectivity index (χ4n) is 2.77. The molecule has 114 valence electrons. The predicted molar refractivity (Wildman–Crippen MR) is 87.2 cm³/mol. The van der Waals surface area contributed by atoms with E-state index in [0.717, 1.165) is 21.5 Å². The van der Waals surface area contributed by atoms with Crippen molar-refractivity contribution in [1.29, 1.82) is 0 Å². The highest BCUT2D eigenvalue weighted by atomic mass is 79.9. The fraction of sp³-hybridized carbons (Fsp3) is 0.467. The van der Waals surface area contributed by atoms with Gasteiger partial charge in [-0.3, -0.25) is 4.79 Å². The quantitative estimate of drug-likeness (QED) is 0.793. The van der Waals surface area contributed by atoms with Crippen LogP contribution in [0.15, 0.2) is 22.0 Å². The molecular weight excluding hydrogens is 354 g/mol. The van der Waals surface area contributed by atoms with E-state index in [1.54, 1.807) is 6.08 Å². The highest BCUT2D eigenvalue weighted by molar-refractivity contribution is 9.11. The van der Waals surface area contributed by atoms with Gasteiger partial charge >= 0.3 is 5.97 Å². The largest absolute Gasteiger partial charge is 0.480 e. The van der Waals surface area contributed by atoms with Gasteiger partial charge in [-0.15, -0.1) is 11.3 Å². The first kappa shape index (κ1) is 16.2. The summed E-state index contributed by atoms with van der Waals surface area (Å²) in [5, 5.41) is 12.2. The maximum absolute atomic E-state index is 12.0. The molecule has 2 rings (SSSR count). The van der Waals surface area contributed by atoms with E-state index in [2.05, 4.69) is 21.2 Å². The monoisotopic (exact) mass is 371 g/mol. The van der Waals surface area contributed by atoms with Crippen LogP contribution in [0.25, 0.3) is 6.08 Å². The van der Waals surface area contributed by atoms with Crippen LogP contribution in [0.1, 0.15) is 37.5 Å². The Labute approximate surface area is 136 Å². The summed E-state index contributed by atoms with van der Waals surface area (Å²) in [6.07, 6.45) is 5.94. The molecule has 0 aromatic carbocycles. The van der Waals surface area contributed by atoms with Crippen LogP contribution in [0.2, 0.25) is 0 Å². The van der Waals surface area contributed by atoms with Crippen LogP contribution in [-0.4, -0.2) is 22.5 Å². The van der Waals surface area contributed by atoms with Crippen molar-refractivity contribution in [2.24, 2.45) is 5.92 Å². The number of rotatable bonds is 4. The molecular formula is C15H18BrNO3S. The van der Waals surface area contributed by atoms with E-state index in [-0.39, 0.29) is 5.91 Å². The number of halogens is 1. The molecule has 1 aliphatic rings. The van der Waals surface area contributed by atoms with Crippen LogP contribution in [-0.2, 0) is 9.59 Å². The van der Waals surface area contributed by atoms with Crippen molar-refractivity contribution in [3.05, 3.63) is 26.9 Å². The van der Waals surface area contributed by atoms with Crippen molar-refractivity contribution >= 4 is 45.2 Å². The molecule has 0 bridgehead atoms. The average Bonchev–Trinajstić information content (AvgIpc) is 2.82. The molecule has 0 aliphatic heterocycles. The summed E-state index contributed by atoms with van der Waals surface area (Å²) in [5.74, 6) is -0.974. The Bertz CT molecular complexity index is 569. The van der Waals surface area contributed by atoms with Gasteiger partial charge in [-0.05, 0) is 52.9 Å². The molecule has 1 fully saturated rings. The maximum Gasteiger partial charge on any atom is 0.329 e. The topological polar surface area (TPSA) is 66.4 Å². The van der Waals surface area contributed by atoms with Gasteiger partial charge < -0.3 is 10.4 Å². The summed E-state index contributed by atoms with van der Waals surface area (Å²) in [7, 11) is 0. The number of aliphatic carboxylic acids is 1. The third-order valence-corrected chi connectivity index (χ3v) is 5.35. The number of carboxylic acid groups (broad SMARTS) is 1. The molecule has 0 radical (unpaired) electrons. The maximum atomic E-state index is 12.0. The molecule has 2 unspecified atom stereocenters. The second-order valence-corrected chi connectivity index (χ2v) is 8.05. The SMILES string of the molecule is CC1CCCC(NC(=O)C=Cc2ccc(Br)s2)(C(=O)O)C1. The van der Waals surface area contributed by atoms with Crippen molar-refractivity contribution in [2.45, 2.75) is 38.1 Å². The smallest absolute Gasteiger partial charge is 0.329 e. The molecule has 1 amide bonds. The van der Waals surface area contributed by atoms with E-state index in [0.29, 0.717) is 18.8 Å². The minimum absolute atomic E-state index is 0.312. The molecule has 1 aliphatic carbocycles. The van der Waals surface area contributed by atoms with Gasteiger partial charge in [0, 0.05) is 11.0 Å². The molecule has 2 N–H and O–H groups in total. The number of carbonyl (C=O) groups excluding carboxylic acids is 1. The summed E-state index contributed by atoms with van der Waals surface area (Å²) >= 11 is 4.87. The van der Waals surface area contributed by atoms with Crippen LogP contribution in [0.3, 0.4) is 0 Å². The first-order valence-corrected chi connectivity index (χ1v) is 8.51. The number of hydrogen-bond donors (Lipinski definition) is 2. The average molecular weight is 372 g/mol. The molecule has 1 saturated carbocycles. The number of nitrogens with one attached hydrogen (secondary N) is 1. The van der Waals surface area contributed by atoms with Gasteiger partial charge in [-0.25, -0.2) is 4.79 Å². The molecule has 4 nitrogen and oxygen atoms in total. The summed E-state index contributed by atoms with van der Waals surface area (Å²) in [4.78, 5) is 24.6. The molecule has 1 heterocycles. The highest BCUT2D eigenvalue weighted by Crippen LogP contribution is 2.32. The molecule has 21 heavy (non-hydrogen) atoms. The van der Waals surface area contributed by atoms with Crippen molar-refractivity contribution in [1.82, 2.24) is 5.32 Å². The van der Waals surface area contributed by atoms with Crippen molar-refractivity contribution in [3.63, 3.8) is 0 Å². The summed E-state index contributed by atoms with van der Waals surface area (Å²) in [5.41, 5.74) is -1.12. The lowest BCUT2D eigenvalue weighted by Gasteiger charge is -2.36. The number of carboxylic acids is 1. The summed E-state index contributed by atoms with van der Waals surface area (Å²) < 4.78 is 0.991. The number of hydrogen-bond acceptors (Lipinski definition) is 3. The predicted octanol–water partition coefficient (Wildman–Crippen LogP) is 3.67. The van der Waals surface area contributed by atoms with E-state index >= 15 is 0 Å². The lowest BCUT2D eigenvalue weighted by Crippen LogP contribution is -2.56. The standard InChI is InChI=1S/C15H18BrNO3S/c1-10-3-2-8-15(9-10,14(19)20)17-13(18)7-5-11-4-6-12(16)21-11/h4-7,10H,2-3,8-9H2,1H3,(H,17,18)(H,19,20). The Kier molecular flexibility index (Phi) is 5.22. The number of thiophene rings is 1. The van der Waals surface area contributed by atoms with Crippen molar-refractivity contribution in [3.8, 4) is 0 Å². The van der Waals surface area contributed by atoms with Gasteiger partial charge in [0.2, 0.25) is 5.91 Å².